The minimum Gasteiger partial charge on any atom is -0.494 e. The van der Waals surface area contributed by atoms with Gasteiger partial charge in [0.2, 0.25) is 5.91 Å². The molecular formula is C20H23N3O3. The van der Waals surface area contributed by atoms with Crippen LogP contribution in [0.15, 0.2) is 48.5 Å². The molecule has 0 saturated heterocycles. The van der Waals surface area contributed by atoms with Crippen LogP contribution in [0, 0.1) is 0 Å². The van der Waals surface area contributed by atoms with Crippen molar-refractivity contribution in [1.29, 1.82) is 0 Å². The van der Waals surface area contributed by atoms with Gasteiger partial charge in [-0.1, -0.05) is 24.3 Å². The lowest BCUT2D eigenvalue weighted by molar-refractivity contribution is -0.131. The molecule has 0 bridgehead atoms. The van der Waals surface area contributed by atoms with Gasteiger partial charge in [0.15, 0.2) is 0 Å². The maximum Gasteiger partial charge on any atom is 0.242 e. The standard InChI is InChI=1S/C20H23N3O3/c1-3-26-16-10-8-15(9-11-16)12-22(2)20(25)13-23-18-7-5-4-6-17(18)21-19(23)14-24/h4-11,24H,3,12-14H2,1-2H3. The van der Waals surface area contributed by atoms with Gasteiger partial charge in [-0.15, -0.1) is 0 Å². The number of carbonyl (C=O) groups excluding carboxylic acids is 1. The maximum atomic E-state index is 12.7. The summed E-state index contributed by atoms with van der Waals surface area (Å²) in [6.07, 6.45) is 0. The maximum absolute atomic E-state index is 12.7. The number of likely N-dealkylation sites (N-methyl/N-ethyl adjacent to an activating group) is 1. The van der Waals surface area contributed by atoms with E-state index in [1.807, 2.05) is 55.5 Å². The Balaban J connectivity index is 1.71. The molecule has 3 rings (SSSR count). The summed E-state index contributed by atoms with van der Waals surface area (Å²) in [7, 11) is 1.77. The molecule has 136 valence electrons. The fourth-order valence-corrected chi connectivity index (χ4v) is 2.90. The van der Waals surface area contributed by atoms with E-state index in [-0.39, 0.29) is 19.1 Å². The van der Waals surface area contributed by atoms with Crippen molar-refractivity contribution in [3.05, 3.63) is 59.9 Å². The van der Waals surface area contributed by atoms with Crippen molar-refractivity contribution in [2.75, 3.05) is 13.7 Å². The van der Waals surface area contributed by atoms with E-state index in [1.165, 1.54) is 0 Å². The van der Waals surface area contributed by atoms with Gasteiger partial charge < -0.3 is 19.3 Å². The molecule has 1 aromatic heterocycles. The molecule has 0 atom stereocenters. The molecular weight excluding hydrogens is 330 g/mol. The summed E-state index contributed by atoms with van der Waals surface area (Å²) < 4.78 is 7.21. The number of para-hydroxylation sites is 2. The van der Waals surface area contributed by atoms with Gasteiger partial charge in [-0.25, -0.2) is 4.98 Å². The normalized spacial score (nSPS) is 10.9. The molecule has 1 N–H and O–H groups in total. The Morgan fingerprint density at radius 3 is 2.62 bits per heavy atom. The number of hydrogen-bond donors (Lipinski definition) is 1. The van der Waals surface area contributed by atoms with Crippen molar-refractivity contribution in [3.8, 4) is 5.75 Å². The Hall–Kier alpha value is -2.86. The molecule has 6 nitrogen and oxygen atoms in total. The highest BCUT2D eigenvalue weighted by atomic mass is 16.5. The Kier molecular flexibility index (Phi) is 5.53. The van der Waals surface area contributed by atoms with Crippen molar-refractivity contribution in [3.63, 3.8) is 0 Å². The summed E-state index contributed by atoms with van der Waals surface area (Å²) in [5.74, 6) is 1.27. The molecule has 0 spiro atoms. The summed E-state index contributed by atoms with van der Waals surface area (Å²) in [5, 5.41) is 9.56. The van der Waals surface area contributed by atoms with Crippen LogP contribution in [0.1, 0.15) is 18.3 Å². The molecule has 26 heavy (non-hydrogen) atoms. The largest absolute Gasteiger partial charge is 0.494 e. The molecule has 0 fully saturated rings. The van der Waals surface area contributed by atoms with E-state index in [4.69, 9.17) is 4.74 Å². The molecule has 6 heteroatoms. The number of hydrogen-bond acceptors (Lipinski definition) is 4. The molecule has 0 aliphatic rings. The van der Waals surface area contributed by atoms with Crippen LogP contribution in [-0.4, -0.2) is 39.1 Å². The SMILES string of the molecule is CCOc1ccc(CN(C)C(=O)Cn2c(CO)nc3ccccc32)cc1. The number of amides is 1. The second-order valence-corrected chi connectivity index (χ2v) is 6.09. The number of aliphatic hydroxyl groups is 1. The van der Waals surface area contributed by atoms with Gasteiger partial charge in [-0.2, -0.15) is 0 Å². The smallest absolute Gasteiger partial charge is 0.242 e. The highest BCUT2D eigenvalue weighted by Crippen LogP contribution is 2.17. The number of rotatable bonds is 7. The van der Waals surface area contributed by atoms with Crippen LogP contribution in [0.25, 0.3) is 11.0 Å². The van der Waals surface area contributed by atoms with Gasteiger partial charge in [0.1, 0.15) is 24.7 Å². The Bertz CT molecular complexity index is 887. The zero-order valence-electron chi connectivity index (χ0n) is 15.1. The molecule has 0 unspecified atom stereocenters. The Morgan fingerprint density at radius 2 is 1.92 bits per heavy atom. The lowest BCUT2D eigenvalue weighted by Gasteiger charge is -2.19. The first kappa shape index (κ1) is 17.9. The van der Waals surface area contributed by atoms with Gasteiger partial charge >= 0.3 is 0 Å². The number of benzene rings is 2. The Morgan fingerprint density at radius 1 is 1.19 bits per heavy atom. The zero-order chi connectivity index (χ0) is 18.5. The topological polar surface area (TPSA) is 67.6 Å². The fraction of sp³-hybridized carbons (Fsp3) is 0.300. The van der Waals surface area contributed by atoms with Crippen LogP contribution in [0.4, 0.5) is 0 Å². The molecule has 0 radical (unpaired) electrons. The van der Waals surface area contributed by atoms with E-state index in [9.17, 15) is 9.90 Å². The molecule has 0 aliphatic heterocycles. The summed E-state index contributed by atoms with van der Waals surface area (Å²) >= 11 is 0. The van der Waals surface area contributed by atoms with Gasteiger partial charge in [-0.3, -0.25) is 4.79 Å². The van der Waals surface area contributed by atoms with Crippen molar-refractivity contribution >= 4 is 16.9 Å². The first-order valence-corrected chi connectivity index (χ1v) is 8.63. The molecule has 0 aliphatic carbocycles. The van der Waals surface area contributed by atoms with Crippen LogP contribution in [0.5, 0.6) is 5.75 Å². The molecule has 1 amide bonds. The summed E-state index contributed by atoms with van der Waals surface area (Å²) in [6, 6.07) is 15.3. The van der Waals surface area contributed by atoms with Crippen molar-refractivity contribution in [2.24, 2.45) is 0 Å². The number of fused-ring (bicyclic) bond motifs is 1. The van der Waals surface area contributed by atoms with E-state index in [1.54, 1.807) is 16.5 Å². The van der Waals surface area contributed by atoms with Crippen LogP contribution >= 0.6 is 0 Å². The summed E-state index contributed by atoms with van der Waals surface area (Å²) in [5.41, 5.74) is 2.65. The quantitative estimate of drug-likeness (QED) is 0.709. The second kappa shape index (κ2) is 8.01. The number of aromatic nitrogens is 2. The van der Waals surface area contributed by atoms with Crippen LogP contribution < -0.4 is 4.74 Å². The van der Waals surface area contributed by atoms with E-state index >= 15 is 0 Å². The zero-order valence-corrected chi connectivity index (χ0v) is 15.1. The lowest BCUT2D eigenvalue weighted by Crippen LogP contribution is -2.30. The third-order valence-electron chi connectivity index (χ3n) is 4.25. The third kappa shape index (κ3) is 3.86. The summed E-state index contributed by atoms with van der Waals surface area (Å²) in [6.45, 7) is 3.02. The van der Waals surface area contributed by atoms with Crippen molar-refractivity contribution in [1.82, 2.24) is 14.5 Å². The second-order valence-electron chi connectivity index (χ2n) is 6.09. The average molecular weight is 353 g/mol. The predicted octanol–water partition coefficient (Wildman–Crippen LogP) is 2.59. The number of imidazole rings is 1. The van der Waals surface area contributed by atoms with Crippen LogP contribution in [0.3, 0.4) is 0 Å². The van der Waals surface area contributed by atoms with Crippen molar-refractivity contribution < 1.29 is 14.6 Å². The third-order valence-corrected chi connectivity index (χ3v) is 4.25. The highest BCUT2D eigenvalue weighted by molar-refractivity contribution is 5.81. The molecule has 3 aromatic rings. The Labute approximate surface area is 152 Å². The van der Waals surface area contributed by atoms with E-state index in [2.05, 4.69) is 4.98 Å². The minimum atomic E-state index is -0.204. The molecule has 1 heterocycles. The van der Waals surface area contributed by atoms with E-state index in [0.29, 0.717) is 19.0 Å². The predicted molar refractivity (Wildman–Crippen MR) is 99.7 cm³/mol. The first-order chi connectivity index (χ1) is 12.6. The van der Waals surface area contributed by atoms with Gasteiger partial charge in [0, 0.05) is 13.6 Å². The first-order valence-electron chi connectivity index (χ1n) is 8.63. The minimum absolute atomic E-state index is 0.0447. The lowest BCUT2D eigenvalue weighted by atomic mass is 10.2. The van der Waals surface area contributed by atoms with Crippen LogP contribution in [-0.2, 0) is 24.5 Å². The van der Waals surface area contributed by atoms with Crippen molar-refractivity contribution in [2.45, 2.75) is 26.6 Å². The number of carbonyl (C=O) groups is 1. The average Bonchev–Trinajstić information content (AvgIpc) is 3.01. The van der Waals surface area contributed by atoms with Gasteiger partial charge in [0.25, 0.3) is 0 Å². The van der Waals surface area contributed by atoms with Gasteiger partial charge in [0.05, 0.1) is 17.6 Å². The fourth-order valence-electron chi connectivity index (χ4n) is 2.90. The number of aliphatic hydroxyl groups excluding tert-OH is 1. The molecule has 0 saturated carbocycles. The van der Waals surface area contributed by atoms with E-state index < -0.39 is 0 Å². The number of nitrogens with zero attached hydrogens (tertiary/aromatic N) is 3. The summed E-state index contributed by atoms with van der Waals surface area (Å²) in [4.78, 5) is 18.7. The van der Waals surface area contributed by atoms with Crippen LogP contribution in [0.2, 0.25) is 0 Å². The van der Waals surface area contributed by atoms with Gasteiger partial charge in [-0.05, 0) is 36.8 Å². The van der Waals surface area contributed by atoms with E-state index in [0.717, 1.165) is 22.3 Å². The molecule has 2 aromatic carbocycles. The number of ether oxygens (including phenoxy) is 1. The monoisotopic (exact) mass is 353 g/mol. The highest BCUT2D eigenvalue weighted by Gasteiger charge is 2.16.